The smallest absolute Gasteiger partial charge is 0.338 e. The highest BCUT2D eigenvalue weighted by Crippen LogP contribution is 2.25. The van der Waals surface area contributed by atoms with E-state index in [2.05, 4.69) is 5.32 Å². The van der Waals surface area contributed by atoms with Crippen LogP contribution in [0.1, 0.15) is 51.8 Å². The van der Waals surface area contributed by atoms with Crippen LogP contribution < -0.4 is 5.32 Å². The Morgan fingerprint density at radius 2 is 1.29 bits per heavy atom. The van der Waals surface area contributed by atoms with E-state index in [0.29, 0.717) is 0 Å². The van der Waals surface area contributed by atoms with Crippen molar-refractivity contribution in [1.82, 2.24) is 9.80 Å². The number of fused-ring (bicyclic) bond motifs is 2. The van der Waals surface area contributed by atoms with Gasteiger partial charge >= 0.3 is 5.97 Å². The van der Waals surface area contributed by atoms with Crippen molar-refractivity contribution in [1.29, 1.82) is 0 Å². The van der Waals surface area contributed by atoms with Gasteiger partial charge in [0.15, 0.2) is 6.61 Å². The second-order valence-corrected chi connectivity index (χ2v) is 6.98. The lowest BCUT2D eigenvalue weighted by molar-refractivity contribution is -0.119. The molecule has 2 aliphatic heterocycles. The van der Waals surface area contributed by atoms with Crippen LogP contribution in [-0.2, 0) is 9.53 Å². The average molecular weight is 421 g/mol. The molecule has 5 amide bonds. The number of rotatable bonds is 4. The number of carbonyl (C=O) groups excluding carboxylic acids is 6. The molecule has 10 nitrogen and oxygen atoms in total. The van der Waals surface area contributed by atoms with Crippen LogP contribution in [0.4, 0.5) is 5.69 Å². The molecule has 4 rings (SSSR count). The maximum absolute atomic E-state index is 12.2. The van der Waals surface area contributed by atoms with Crippen LogP contribution >= 0.6 is 0 Å². The number of carbonyl (C=O) groups is 6. The summed E-state index contributed by atoms with van der Waals surface area (Å²) in [6.45, 7) is -0.618. The van der Waals surface area contributed by atoms with Crippen LogP contribution in [0.25, 0.3) is 0 Å². The number of benzene rings is 2. The molecule has 0 bridgehead atoms. The lowest BCUT2D eigenvalue weighted by atomic mass is 10.1. The number of esters is 1. The van der Waals surface area contributed by atoms with Gasteiger partial charge in [-0.25, -0.2) is 4.79 Å². The normalized spacial score (nSPS) is 14.6. The molecule has 0 atom stereocenters. The standard InChI is InChI=1S/C21H15N3O7/c1-23-17(26)12-5-3-10(7-14(12)19(23)28)21(30)31-9-16(25)22-11-4-6-13-15(8-11)20(29)24(2)18(13)27/h3-8H,9H2,1-2H3,(H,22,25). The number of hydrogen-bond donors (Lipinski definition) is 1. The molecule has 2 aromatic carbocycles. The highest BCUT2D eigenvalue weighted by atomic mass is 16.5. The summed E-state index contributed by atoms with van der Waals surface area (Å²) in [5.41, 5.74) is 0.983. The van der Waals surface area contributed by atoms with Crippen LogP contribution in [0.15, 0.2) is 36.4 Å². The Morgan fingerprint density at radius 3 is 1.90 bits per heavy atom. The van der Waals surface area contributed by atoms with Crippen LogP contribution in [0.5, 0.6) is 0 Å². The van der Waals surface area contributed by atoms with Gasteiger partial charge in [-0.05, 0) is 36.4 Å². The number of amides is 5. The number of ether oxygens (including phenoxy) is 1. The number of nitrogens with zero attached hydrogens (tertiary/aromatic N) is 2. The van der Waals surface area contributed by atoms with Crippen molar-refractivity contribution >= 4 is 41.2 Å². The molecule has 0 aromatic heterocycles. The van der Waals surface area contributed by atoms with Gasteiger partial charge < -0.3 is 10.1 Å². The van der Waals surface area contributed by atoms with E-state index >= 15 is 0 Å². The first kappa shape index (κ1) is 20.0. The molecule has 0 fully saturated rings. The van der Waals surface area contributed by atoms with Gasteiger partial charge in [-0.1, -0.05) is 0 Å². The minimum atomic E-state index is -0.843. The largest absolute Gasteiger partial charge is 0.452 e. The third kappa shape index (κ3) is 3.23. The number of imide groups is 2. The first-order chi connectivity index (χ1) is 14.7. The lowest BCUT2D eigenvalue weighted by Crippen LogP contribution is -2.24. The Kier molecular flexibility index (Phi) is 4.61. The van der Waals surface area contributed by atoms with E-state index in [1.807, 2.05) is 0 Å². The second-order valence-electron chi connectivity index (χ2n) is 6.98. The molecule has 0 saturated carbocycles. The topological polar surface area (TPSA) is 130 Å². The van der Waals surface area contributed by atoms with Crippen LogP contribution in [0, 0.1) is 0 Å². The minimum Gasteiger partial charge on any atom is -0.452 e. The summed E-state index contributed by atoms with van der Waals surface area (Å²) in [5.74, 6) is -3.39. The van der Waals surface area contributed by atoms with Crippen molar-refractivity contribution in [3.05, 3.63) is 64.2 Å². The van der Waals surface area contributed by atoms with Gasteiger partial charge in [-0.15, -0.1) is 0 Å². The summed E-state index contributed by atoms with van der Waals surface area (Å²) < 4.78 is 4.97. The van der Waals surface area contributed by atoms with Crippen molar-refractivity contribution in [2.45, 2.75) is 0 Å². The highest BCUT2D eigenvalue weighted by molar-refractivity contribution is 6.22. The van der Waals surface area contributed by atoms with E-state index in [9.17, 15) is 28.8 Å². The molecule has 0 unspecified atom stereocenters. The molecule has 0 radical (unpaired) electrons. The zero-order valence-corrected chi connectivity index (χ0v) is 16.4. The second kappa shape index (κ2) is 7.17. The molecule has 0 spiro atoms. The molecular weight excluding hydrogens is 406 g/mol. The van der Waals surface area contributed by atoms with Gasteiger partial charge in [-0.3, -0.25) is 33.8 Å². The summed E-state index contributed by atoms with van der Waals surface area (Å²) in [6, 6.07) is 8.21. The van der Waals surface area contributed by atoms with Gasteiger partial charge in [0, 0.05) is 19.8 Å². The first-order valence-electron chi connectivity index (χ1n) is 9.09. The Labute approximate surface area is 175 Å². The molecule has 2 aromatic rings. The zero-order valence-electron chi connectivity index (χ0n) is 16.4. The highest BCUT2D eigenvalue weighted by Gasteiger charge is 2.34. The fourth-order valence-corrected chi connectivity index (χ4v) is 3.34. The van der Waals surface area contributed by atoms with Gasteiger partial charge in [0.2, 0.25) is 0 Å². The fraction of sp³-hybridized carbons (Fsp3) is 0.143. The van der Waals surface area contributed by atoms with E-state index in [1.54, 1.807) is 0 Å². The van der Waals surface area contributed by atoms with Crippen molar-refractivity contribution in [3.8, 4) is 0 Å². The van der Waals surface area contributed by atoms with E-state index in [4.69, 9.17) is 4.74 Å². The molecule has 156 valence electrons. The fourth-order valence-electron chi connectivity index (χ4n) is 3.34. The summed E-state index contributed by atoms with van der Waals surface area (Å²) in [7, 11) is 2.70. The van der Waals surface area contributed by atoms with Crippen LogP contribution in [0.2, 0.25) is 0 Å². The average Bonchev–Trinajstić information content (AvgIpc) is 3.11. The molecule has 2 heterocycles. The number of anilines is 1. The Balaban J connectivity index is 1.40. The lowest BCUT2D eigenvalue weighted by Gasteiger charge is -2.08. The van der Waals surface area contributed by atoms with Gasteiger partial charge in [0.05, 0.1) is 27.8 Å². The maximum atomic E-state index is 12.2. The van der Waals surface area contributed by atoms with Crippen molar-refractivity contribution in [2.75, 3.05) is 26.0 Å². The molecule has 0 aliphatic carbocycles. The molecule has 0 saturated heterocycles. The monoisotopic (exact) mass is 421 g/mol. The molecular formula is C21H15N3O7. The molecule has 1 N–H and O–H groups in total. The summed E-state index contributed by atoms with van der Waals surface area (Å²) in [6.07, 6.45) is 0. The predicted molar refractivity (Wildman–Crippen MR) is 105 cm³/mol. The van der Waals surface area contributed by atoms with E-state index in [-0.39, 0.29) is 33.5 Å². The number of hydrogen-bond acceptors (Lipinski definition) is 7. The van der Waals surface area contributed by atoms with Crippen LogP contribution in [0.3, 0.4) is 0 Å². The first-order valence-corrected chi connectivity index (χ1v) is 9.09. The third-order valence-corrected chi connectivity index (χ3v) is 5.03. The maximum Gasteiger partial charge on any atom is 0.338 e. The van der Waals surface area contributed by atoms with E-state index in [0.717, 1.165) is 9.80 Å². The third-order valence-electron chi connectivity index (χ3n) is 5.03. The van der Waals surface area contributed by atoms with E-state index < -0.39 is 42.1 Å². The number of nitrogens with one attached hydrogen (secondary N) is 1. The zero-order chi connectivity index (χ0) is 22.4. The van der Waals surface area contributed by atoms with Gasteiger partial charge in [-0.2, -0.15) is 0 Å². The van der Waals surface area contributed by atoms with Crippen LogP contribution in [-0.4, -0.2) is 66.0 Å². The summed E-state index contributed by atoms with van der Waals surface area (Å²) >= 11 is 0. The summed E-state index contributed by atoms with van der Waals surface area (Å²) in [4.78, 5) is 74.2. The summed E-state index contributed by atoms with van der Waals surface area (Å²) in [5, 5.41) is 2.49. The quantitative estimate of drug-likeness (QED) is 0.574. The molecule has 31 heavy (non-hydrogen) atoms. The van der Waals surface area contributed by atoms with Crippen molar-refractivity contribution in [2.24, 2.45) is 0 Å². The van der Waals surface area contributed by atoms with Gasteiger partial charge in [0.25, 0.3) is 29.5 Å². The van der Waals surface area contributed by atoms with E-state index in [1.165, 1.54) is 50.5 Å². The Bertz CT molecular complexity index is 1220. The Hall–Kier alpha value is -4.34. The van der Waals surface area contributed by atoms with Crippen molar-refractivity contribution in [3.63, 3.8) is 0 Å². The minimum absolute atomic E-state index is 0.0210. The SMILES string of the molecule is CN1C(=O)c2ccc(NC(=O)COC(=O)c3ccc4c(c3)C(=O)N(C)C4=O)cc2C1=O. The predicted octanol–water partition coefficient (Wildman–Crippen LogP) is 0.934. The Morgan fingerprint density at radius 1 is 0.774 bits per heavy atom. The molecule has 10 heteroatoms. The van der Waals surface area contributed by atoms with Gasteiger partial charge in [0.1, 0.15) is 0 Å². The molecule has 2 aliphatic rings. The van der Waals surface area contributed by atoms with Crippen molar-refractivity contribution < 1.29 is 33.5 Å².